The van der Waals surface area contributed by atoms with Gasteiger partial charge in [0.15, 0.2) is 0 Å². The number of carboxylic acids is 1. The Morgan fingerprint density at radius 2 is 1.71 bits per heavy atom. The first kappa shape index (κ1) is 16.6. The fraction of sp³-hybridized carbons (Fsp3) is 0.467. The van der Waals surface area contributed by atoms with Gasteiger partial charge in [0.25, 0.3) is 0 Å². The summed E-state index contributed by atoms with van der Waals surface area (Å²) in [6.07, 6.45) is -4.48. The maximum absolute atomic E-state index is 12.4. The Hall–Kier alpha value is -2.29. The minimum Gasteiger partial charge on any atom is -0.481 e. The van der Waals surface area contributed by atoms with Crippen molar-refractivity contribution < 1.29 is 37.3 Å². The molecule has 0 unspecified atom stereocenters. The van der Waals surface area contributed by atoms with Crippen LogP contribution in [0.5, 0.6) is 5.75 Å². The van der Waals surface area contributed by atoms with Crippen molar-refractivity contribution in [2.24, 2.45) is 11.8 Å². The van der Waals surface area contributed by atoms with Crippen LogP contribution in [-0.2, 0) is 14.3 Å². The van der Waals surface area contributed by atoms with E-state index in [2.05, 4.69) is 10.1 Å². The van der Waals surface area contributed by atoms with Crippen LogP contribution in [0.2, 0.25) is 0 Å². The third-order valence-corrected chi connectivity index (χ3v) is 4.22. The minimum atomic E-state index is -4.79. The number of aliphatic carboxylic acids is 1. The lowest BCUT2D eigenvalue weighted by Gasteiger charge is -2.23. The third-order valence-electron chi connectivity index (χ3n) is 4.22. The van der Waals surface area contributed by atoms with Crippen molar-refractivity contribution in [2.45, 2.75) is 31.4 Å². The molecule has 0 spiro atoms. The van der Waals surface area contributed by atoms with Crippen molar-refractivity contribution in [3.05, 3.63) is 24.3 Å². The highest BCUT2D eigenvalue weighted by Gasteiger charge is 2.55. The summed E-state index contributed by atoms with van der Waals surface area (Å²) < 4.78 is 45.5. The number of hydrogen-bond donors (Lipinski definition) is 2. The molecule has 0 radical (unpaired) electrons. The van der Waals surface area contributed by atoms with Crippen LogP contribution in [0.15, 0.2) is 24.3 Å². The molecule has 6 nitrogen and oxygen atoms in total. The average molecular weight is 345 g/mol. The van der Waals surface area contributed by atoms with Crippen LogP contribution in [0.25, 0.3) is 0 Å². The highest BCUT2D eigenvalue weighted by molar-refractivity contribution is 5.96. The van der Waals surface area contributed by atoms with E-state index in [0.717, 1.165) is 12.1 Å². The summed E-state index contributed by atoms with van der Waals surface area (Å²) in [5.41, 5.74) is 0.251. The molecule has 2 fully saturated rings. The van der Waals surface area contributed by atoms with Crippen molar-refractivity contribution >= 4 is 17.6 Å². The number of nitrogens with one attached hydrogen (secondary N) is 1. The Kier molecular flexibility index (Phi) is 4.12. The number of carbonyl (C=O) groups is 2. The number of rotatable bonds is 4. The van der Waals surface area contributed by atoms with Crippen LogP contribution in [0.3, 0.4) is 0 Å². The lowest BCUT2D eigenvalue weighted by Crippen LogP contribution is -2.40. The smallest absolute Gasteiger partial charge is 0.481 e. The molecule has 2 N–H and O–H groups in total. The fourth-order valence-corrected chi connectivity index (χ4v) is 3.29. The van der Waals surface area contributed by atoms with E-state index in [1.165, 1.54) is 12.1 Å². The highest BCUT2D eigenvalue weighted by Crippen LogP contribution is 2.44. The van der Waals surface area contributed by atoms with E-state index >= 15 is 0 Å². The van der Waals surface area contributed by atoms with Gasteiger partial charge >= 0.3 is 12.3 Å². The molecule has 24 heavy (non-hydrogen) atoms. The number of benzene rings is 1. The Morgan fingerprint density at radius 3 is 2.25 bits per heavy atom. The van der Waals surface area contributed by atoms with Gasteiger partial charge in [-0.15, -0.1) is 13.2 Å². The number of hydrogen-bond acceptors (Lipinski definition) is 4. The predicted octanol–water partition coefficient (Wildman–Crippen LogP) is 2.40. The normalized spacial score (nSPS) is 28.6. The molecule has 2 bridgehead atoms. The van der Waals surface area contributed by atoms with E-state index in [1.807, 2.05) is 0 Å². The molecule has 2 aliphatic rings. The van der Waals surface area contributed by atoms with Crippen molar-refractivity contribution in [1.29, 1.82) is 0 Å². The first-order chi connectivity index (χ1) is 11.2. The van der Waals surface area contributed by atoms with Gasteiger partial charge < -0.3 is 19.9 Å². The second-order valence-corrected chi connectivity index (χ2v) is 5.74. The second kappa shape index (κ2) is 5.97. The molecule has 1 aromatic rings. The molecular weight excluding hydrogens is 331 g/mol. The summed E-state index contributed by atoms with van der Waals surface area (Å²) in [5.74, 6) is -3.73. The van der Waals surface area contributed by atoms with Crippen LogP contribution < -0.4 is 10.1 Å². The second-order valence-electron chi connectivity index (χ2n) is 5.74. The van der Waals surface area contributed by atoms with Gasteiger partial charge in [0, 0.05) is 5.69 Å². The van der Waals surface area contributed by atoms with Gasteiger partial charge in [-0.3, -0.25) is 9.59 Å². The first-order valence-corrected chi connectivity index (χ1v) is 7.29. The third kappa shape index (κ3) is 3.30. The molecular formula is C15H14F3NO5. The molecule has 2 heterocycles. The molecule has 2 saturated heterocycles. The van der Waals surface area contributed by atoms with Crippen molar-refractivity contribution in [3.63, 3.8) is 0 Å². The molecule has 0 saturated carbocycles. The van der Waals surface area contributed by atoms with Gasteiger partial charge in [0.1, 0.15) is 5.75 Å². The summed E-state index contributed by atoms with van der Waals surface area (Å²) in [5, 5.41) is 11.8. The van der Waals surface area contributed by atoms with E-state index in [9.17, 15) is 27.9 Å². The summed E-state index contributed by atoms with van der Waals surface area (Å²) in [6.45, 7) is 0. The van der Waals surface area contributed by atoms with Crippen LogP contribution in [0.4, 0.5) is 18.9 Å². The van der Waals surface area contributed by atoms with E-state index in [4.69, 9.17) is 4.74 Å². The SMILES string of the molecule is O=C(O)[C@@H]1[C@@H](C(=O)Nc2ccc(OC(F)(F)F)cc2)[C@H]2CC[C@H]1O2. The molecule has 2 aliphatic heterocycles. The zero-order valence-corrected chi connectivity index (χ0v) is 12.2. The van der Waals surface area contributed by atoms with Crippen LogP contribution in [-0.4, -0.2) is 35.6 Å². The number of amides is 1. The largest absolute Gasteiger partial charge is 0.573 e. The monoisotopic (exact) mass is 345 g/mol. The van der Waals surface area contributed by atoms with Gasteiger partial charge in [0.2, 0.25) is 5.91 Å². The van der Waals surface area contributed by atoms with E-state index in [-0.39, 0.29) is 5.69 Å². The standard InChI is InChI=1S/C15H14F3NO5/c16-15(17,18)24-8-3-1-7(2-4-8)19-13(20)11-9-5-6-10(23-9)12(11)14(21)22/h1-4,9-12H,5-6H2,(H,19,20)(H,21,22)/t9-,10-,11+,12+/m1/s1. The van der Waals surface area contributed by atoms with Crippen LogP contribution in [0.1, 0.15) is 12.8 Å². The van der Waals surface area contributed by atoms with Gasteiger partial charge in [-0.2, -0.15) is 0 Å². The highest BCUT2D eigenvalue weighted by atomic mass is 19.4. The van der Waals surface area contributed by atoms with Gasteiger partial charge in [-0.05, 0) is 37.1 Å². The minimum absolute atomic E-state index is 0.251. The fourth-order valence-electron chi connectivity index (χ4n) is 3.29. The Bertz CT molecular complexity index is 646. The van der Waals surface area contributed by atoms with Gasteiger partial charge in [0.05, 0.1) is 24.0 Å². The van der Waals surface area contributed by atoms with Gasteiger partial charge in [-0.25, -0.2) is 0 Å². The van der Waals surface area contributed by atoms with Gasteiger partial charge in [-0.1, -0.05) is 0 Å². The lowest BCUT2D eigenvalue weighted by atomic mass is 9.78. The molecule has 130 valence electrons. The van der Waals surface area contributed by atoms with E-state index in [0.29, 0.717) is 12.8 Å². The summed E-state index contributed by atoms with van der Waals surface area (Å²) in [4.78, 5) is 23.7. The number of anilines is 1. The van der Waals surface area contributed by atoms with Crippen LogP contribution in [0, 0.1) is 11.8 Å². The molecule has 1 amide bonds. The van der Waals surface area contributed by atoms with E-state index in [1.54, 1.807) is 0 Å². The van der Waals surface area contributed by atoms with Crippen LogP contribution >= 0.6 is 0 Å². The molecule has 9 heteroatoms. The number of alkyl halides is 3. The maximum atomic E-state index is 12.4. The topological polar surface area (TPSA) is 84.9 Å². The zero-order valence-electron chi connectivity index (χ0n) is 12.2. The summed E-state index contributed by atoms with van der Waals surface area (Å²) >= 11 is 0. The lowest BCUT2D eigenvalue weighted by molar-refractivity contribution is -0.274. The van der Waals surface area contributed by atoms with Crippen molar-refractivity contribution in [3.8, 4) is 5.75 Å². The Morgan fingerprint density at radius 1 is 1.12 bits per heavy atom. The number of fused-ring (bicyclic) bond motifs is 2. The summed E-state index contributed by atoms with van der Waals surface area (Å²) in [7, 11) is 0. The number of carboxylic acid groups (broad SMARTS) is 1. The zero-order chi connectivity index (χ0) is 17.5. The van der Waals surface area contributed by atoms with E-state index < -0.39 is 48.0 Å². The molecule has 1 aromatic carbocycles. The number of halogens is 3. The average Bonchev–Trinajstić information content (AvgIpc) is 3.08. The quantitative estimate of drug-likeness (QED) is 0.875. The molecule has 0 aromatic heterocycles. The Labute approximate surface area is 134 Å². The molecule has 0 aliphatic carbocycles. The molecule has 4 atom stereocenters. The summed E-state index contributed by atoms with van der Waals surface area (Å²) in [6, 6.07) is 4.63. The van der Waals surface area contributed by atoms with Crippen molar-refractivity contribution in [1.82, 2.24) is 0 Å². The number of carbonyl (C=O) groups excluding carboxylic acids is 1. The first-order valence-electron chi connectivity index (χ1n) is 7.29. The number of ether oxygens (including phenoxy) is 2. The van der Waals surface area contributed by atoms with Crippen molar-refractivity contribution in [2.75, 3.05) is 5.32 Å². The maximum Gasteiger partial charge on any atom is 0.573 e. The predicted molar refractivity (Wildman–Crippen MR) is 74.3 cm³/mol. The molecule has 3 rings (SSSR count). The Balaban J connectivity index is 1.67.